The van der Waals surface area contributed by atoms with Crippen molar-refractivity contribution in [3.8, 4) is 0 Å². The third-order valence-corrected chi connectivity index (χ3v) is 11.2. The van der Waals surface area contributed by atoms with Crippen molar-refractivity contribution < 1.29 is 9.32 Å². The van der Waals surface area contributed by atoms with Crippen LogP contribution >= 0.6 is 6.83 Å². The van der Waals surface area contributed by atoms with Crippen molar-refractivity contribution in [2.24, 2.45) is 0 Å². The van der Waals surface area contributed by atoms with Gasteiger partial charge in [0.15, 0.2) is 0 Å². The fourth-order valence-corrected chi connectivity index (χ4v) is 5.94. The van der Waals surface area contributed by atoms with Crippen molar-refractivity contribution in [1.29, 1.82) is 0 Å². The van der Waals surface area contributed by atoms with E-state index in [-0.39, 0.29) is 11.8 Å². The molecular weight excluding hydrogens is 237 g/mol. The van der Waals surface area contributed by atoms with Crippen LogP contribution in [-0.2, 0) is 4.52 Å². The van der Waals surface area contributed by atoms with E-state index in [9.17, 15) is 4.79 Å². The number of nitrogens with one attached hydrogen (secondary N) is 1. The summed E-state index contributed by atoms with van der Waals surface area (Å²) in [6.07, 6.45) is 5.02. The maximum atomic E-state index is 12.0. The number of nitrogens with zero attached hydrogens (tertiary/aromatic N) is 2. The fraction of sp³-hybridized carbons (Fsp3) is 0.727. The van der Waals surface area contributed by atoms with Gasteiger partial charge in [-0.3, -0.25) is 0 Å². The Hall–Kier alpha value is -0.960. The summed E-state index contributed by atoms with van der Waals surface area (Å²) in [5, 5.41) is 6.24. The van der Waals surface area contributed by atoms with Crippen LogP contribution in [0.1, 0.15) is 38.3 Å². The van der Waals surface area contributed by atoms with Crippen LogP contribution in [0.4, 0.5) is 0 Å². The minimum atomic E-state index is -2.37. The van der Waals surface area contributed by atoms with Crippen LogP contribution in [0.5, 0.6) is 0 Å². The SMILES string of the molecule is CCP(CC)(CC)(CC)OC(=O)c1ncn[nH]1. The molecule has 0 saturated carbocycles. The monoisotopic (exact) mass is 259 g/mol. The molecule has 1 aromatic heterocycles. The van der Waals surface area contributed by atoms with Gasteiger partial charge in [-0.05, 0) is 0 Å². The molecule has 0 aromatic carbocycles. The Bertz CT molecular complexity index is 351. The number of aromatic nitrogens is 3. The second-order valence-electron chi connectivity index (χ2n) is 4.34. The molecule has 0 spiro atoms. The molecule has 0 bridgehead atoms. The van der Waals surface area contributed by atoms with Gasteiger partial charge in [0.1, 0.15) is 0 Å². The molecule has 6 heteroatoms. The summed E-state index contributed by atoms with van der Waals surface area (Å²) < 4.78 is 5.92. The van der Waals surface area contributed by atoms with Crippen LogP contribution in [0.25, 0.3) is 0 Å². The van der Waals surface area contributed by atoms with Gasteiger partial charge in [0.25, 0.3) is 0 Å². The molecule has 1 rings (SSSR count). The van der Waals surface area contributed by atoms with Crippen molar-refractivity contribution in [3.05, 3.63) is 12.2 Å². The van der Waals surface area contributed by atoms with E-state index in [1.54, 1.807) is 0 Å². The molecule has 0 unspecified atom stereocenters. The number of carbonyl (C=O) groups excluding carboxylic acids is 1. The quantitative estimate of drug-likeness (QED) is 0.797. The summed E-state index contributed by atoms with van der Waals surface area (Å²) in [5.41, 5.74) is 0. The van der Waals surface area contributed by atoms with E-state index >= 15 is 0 Å². The average molecular weight is 259 g/mol. The maximum absolute atomic E-state index is 12.0. The number of carbonyl (C=O) groups is 1. The van der Waals surface area contributed by atoms with Crippen molar-refractivity contribution in [3.63, 3.8) is 0 Å². The van der Waals surface area contributed by atoms with Crippen LogP contribution in [0, 0.1) is 0 Å². The van der Waals surface area contributed by atoms with Gasteiger partial charge in [0, 0.05) is 0 Å². The first-order chi connectivity index (χ1) is 8.04. The zero-order valence-electron chi connectivity index (χ0n) is 11.1. The van der Waals surface area contributed by atoms with Gasteiger partial charge in [-0.25, -0.2) is 0 Å². The first-order valence-corrected chi connectivity index (χ1v) is 9.04. The molecule has 17 heavy (non-hydrogen) atoms. The Labute approximate surface area is 102 Å². The number of rotatable bonds is 6. The van der Waals surface area contributed by atoms with Gasteiger partial charge in [-0.15, -0.1) is 0 Å². The first-order valence-electron chi connectivity index (χ1n) is 6.15. The molecular formula is C11H22N3O2P. The standard InChI is InChI=1S/C11H22N3O2P/c1-5-17(6-2,7-3,8-4)16-11(15)10-12-9-13-14-10/h9H,5-8H2,1-4H3,(H,12,13,14). The van der Waals surface area contributed by atoms with E-state index in [0.717, 1.165) is 24.6 Å². The predicted octanol–water partition coefficient (Wildman–Crippen LogP) is 2.51. The molecule has 1 aromatic rings. The van der Waals surface area contributed by atoms with Crippen molar-refractivity contribution in [1.82, 2.24) is 15.2 Å². The van der Waals surface area contributed by atoms with E-state index in [1.807, 2.05) is 0 Å². The number of hydrogen-bond donors (Lipinski definition) is 1. The minimum absolute atomic E-state index is 0.197. The number of H-pyrrole nitrogens is 1. The van der Waals surface area contributed by atoms with Crippen LogP contribution < -0.4 is 0 Å². The van der Waals surface area contributed by atoms with E-state index in [0.29, 0.717) is 0 Å². The second kappa shape index (κ2) is 5.13. The Kier molecular flexibility index (Phi) is 4.26. The van der Waals surface area contributed by atoms with Gasteiger partial charge in [-0.1, -0.05) is 0 Å². The van der Waals surface area contributed by atoms with Gasteiger partial charge >= 0.3 is 102 Å². The Morgan fingerprint density at radius 2 is 1.76 bits per heavy atom. The molecule has 0 aliphatic heterocycles. The zero-order valence-corrected chi connectivity index (χ0v) is 12.0. The van der Waals surface area contributed by atoms with Crippen LogP contribution in [0.2, 0.25) is 0 Å². The summed E-state index contributed by atoms with van der Waals surface area (Å²) in [5.74, 6) is -0.171. The fourth-order valence-electron chi connectivity index (χ4n) is 2.18. The number of hydrogen-bond acceptors (Lipinski definition) is 4. The van der Waals surface area contributed by atoms with E-state index in [4.69, 9.17) is 4.52 Å². The summed E-state index contributed by atoms with van der Waals surface area (Å²) >= 11 is 0. The molecule has 0 atom stereocenters. The Morgan fingerprint density at radius 1 is 1.24 bits per heavy atom. The summed E-state index contributed by atoms with van der Waals surface area (Å²) in [4.78, 5) is 15.9. The summed E-state index contributed by atoms with van der Waals surface area (Å²) in [6, 6.07) is 0. The zero-order chi connectivity index (χ0) is 13.0. The van der Waals surface area contributed by atoms with E-state index in [2.05, 4.69) is 42.9 Å². The third kappa shape index (κ3) is 2.49. The van der Waals surface area contributed by atoms with Crippen molar-refractivity contribution in [2.75, 3.05) is 24.6 Å². The molecule has 0 fully saturated rings. The predicted molar refractivity (Wildman–Crippen MR) is 70.9 cm³/mol. The number of aromatic amines is 1. The molecule has 0 amide bonds. The molecule has 98 valence electrons. The molecule has 1 heterocycles. The third-order valence-electron chi connectivity index (χ3n) is 4.15. The van der Waals surface area contributed by atoms with Crippen molar-refractivity contribution >= 4 is 12.8 Å². The molecule has 0 saturated heterocycles. The first kappa shape index (κ1) is 14.1. The summed E-state index contributed by atoms with van der Waals surface area (Å²) in [7, 11) is 0. The van der Waals surface area contributed by atoms with Gasteiger partial charge in [0.05, 0.1) is 0 Å². The molecule has 0 aliphatic rings. The topological polar surface area (TPSA) is 67.9 Å². The molecule has 0 radical (unpaired) electrons. The Morgan fingerprint density at radius 3 is 2.12 bits per heavy atom. The van der Waals surface area contributed by atoms with Crippen LogP contribution in [-0.4, -0.2) is 45.8 Å². The van der Waals surface area contributed by atoms with Gasteiger partial charge < -0.3 is 0 Å². The van der Waals surface area contributed by atoms with E-state index < -0.39 is 6.83 Å². The van der Waals surface area contributed by atoms with Crippen LogP contribution in [0.3, 0.4) is 0 Å². The molecule has 1 N–H and O–H groups in total. The molecule has 0 aliphatic carbocycles. The molecule has 5 nitrogen and oxygen atoms in total. The summed E-state index contributed by atoms with van der Waals surface area (Å²) in [6.45, 7) is 6.08. The van der Waals surface area contributed by atoms with Gasteiger partial charge in [0.2, 0.25) is 0 Å². The Balaban J connectivity index is 2.99. The normalized spacial score (nSPS) is 14.0. The van der Waals surface area contributed by atoms with Gasteiger partial charge in [-0.2, -0.15) is 0 Å². The average Bonchev–Trinajstić information content (AvgIpc) is 2.91. The van der Waals surface area contributed by atoms with Crippen molar-refractivity contribution in [2.45, 2.75) is 27.7 Å². The van der Waals surface area contributed by atoms with E-state index in [1.165, 1.54) is 6.33 Å². The second-order valence-corrected chi connectivity index (χ2v) is 10.8. The van der Waals surface area contributed by atoms with Crippen LogP contribution in [0.15, 0.2) is 6.33 Å².